The maximum atomic E-state index is 5.66. The van der Waals surface area contributed by atoms with Crippen LogP contribution in [0.5, 0.6) is 5.75 Å². The predicted octanol–water partition coefficient (Wildman–Crippen LogP) is 4.23. The Morgan fingerprint density at radius 1 is 1.05 bits per heavy atom. The molecule has 112 valence electrons. The zero-order valence-electron chi connectivity index (χ0n) is 12.8. The van der Waals surface area contributed by atoms with E-state index in [0.29, 0.717) is 6.61 Å². The summed E-state index contributed by atoms with van der Waals surface area (Å²) in [5.74, 6) is 0.932. The molecule has 2 aromatic rings. The second kappa shape index (κ2) is 8.32. The minimum Gasteiger partial charge on any atom is -0.494 e. The minimum absolute atomic E-state index is 0.614. The highest BCUT2D eigenvalue weighted by molar-refractivity contribution is 5.51. The Labute approximate surface area is 126 Å². The van der Waals surface area contributed by atoms with Crippen LogP contribution < -0.4 is 10.1 Å². The van der Waals surface area contributed by atoms with Gasteiger partial charge in [0.05, 0.1) is 13.2 Å². The van der Waals surface area contributed by atoms with Crippen LogP contribution in [0.4, 0.5) is 5.69 Å². The van der Waals surface area contributed by atoms with Crippen molar-refractivity contribution in [3.63, 3.8) is 0 Å². The van der Waals surface area contributed by atoms with Gasteiger partial charge in [-0.25, -0.2) is 0 Å². The molecule has 0 spiro atoms. The third-order valence-corrected chi connectivity index (χ3v) is 3.17. The maximum absolute atomic E-state index is 5.66. The molecule has 21 heavy (non-hydrogen) atoms. The fourth-order valence-electron chi connectivity index (χ4n) is 2.14. The molecule has 3 heteroatoms. The predicted molar refractivity (Wildman–Crippen MR) is 86.7 cm³/mol. The molecule has 0 aliphatic carbocycles. The smallest absolute Gasteiger partial charge is 0.119 e. The number of rotatable bonds is 8. The van der Waals surface area contributed by atoms with E-state index in [9.17, 15) is 0 Å². The standard InChI is InChI=1S/C18H23NO2/c1-3-11-21-17-9-6-7-15(12-17)13-19-18-10-5-4-8-16(18)14-20-2/h4-10,12,19H,3,11,13-14H2,1-2H3. The fourth-order valence-corrected chi connectivity index (χ4v) is 2.14. The monoisotopic (exact) mass is 285 g/mol. The summed E-state index contributed by atoms with van der Waals surface area (Å²) in [7, 11) is 1.71. The molecule has 2 rings (SSSR count). The maximum Gasteiger partial charge on any atom is 0.119 e. The number of hydrogen-bond acceptors (Lipinski definition) is 3. The Bertz CT molecular complexity index is 554. The summed E-state index contributed by atoms with van der Waals surface area (Å²) >= 11 is 0. The van der Waals surface area contributed by atoms with Crippen LogP contribution >= 0.6 is 0 Å². The third-order valence-electron chi connectivity index (χ3n) is 3.17. The number of benzene rings is 2. The Morgan fingerprint density at radius 3 is 2.71 bits per heavy atom. The molecular weight excluding hydrogens is 262 g/mol. The molecule has 0 atom stereocenters. The van der Waals surface area contributed by atoms with E-state index in [0.717, 1.165) is 31.0 Å². The van der Waals surface area contributed by atoms with E-state index in [1.165, 1.54) is 11.1 Å². The average Bonchev–Trinajstić information content (AvgIpc) is 2.53. The molecule has 1 N–H and O–H groups in total. The van der Waals surface area contributed by atoms with E-state index in [4.69, 9.17) is 9.47 Å². The lowest BCUT2D eigenvalue weighted by Gasteiger charge is -2.12. The first kappa shape index (κ1) is 15.4. The fraction of sp³-hybridized carbons (Fsp3) is 0.333. The van der Waals surface area contributed by atoms with Crippen LogP contribution in [0, 0.1) is 0 Å². The molecule has 0 saturated carbocycles. The van der Waals surface area contributed by atoms with Crippen LogP contribution in [0.25, 0.3) is 0 Å². The third kappa shape index (κ3) is 4.80. The number of nitrogens with one attached hydrogen (secondary N) is 1. The van der Waals surface area contributed by atoms with E-state index >= 15 is 0 Å². The van der Waals surface area contributed by atoms with Gasteiger partial charge in [0.25, 0.3) is 0 Å². The van der Waals surface area contributed by atoms with Crippen LogP contribution in [0.15, 0.2) is 48.5 Å². The first-order chi connectivity index (χ1) is 10.3. The molecule has 2 aromatic carbocycles. The minimum atomic E-state index is 0.614. The van der Waals surface area contributed by atoms with E-state index in [1.807, 2.05) is 24.3 Å². The zero-order chi connectivity index (χ0) is 14.9. The quantitative estimate of drug-likeness (QED) is 0.787. The Balaban J connectivity index is 1.99. The largest absolute Gasteiger partial charge is 0.494 e. The molecule has 0 radical (unpaired) electrons. The van der Waals surface area contributed by atoms with E-state index in [2.05, 4.69) is 36.5 Å². The van der Waals surface area contributed by atoms with E-state index < -0.39 is 0 Å². The summed E-state index contributed by atoms with van der Waals surface area (Å²) in [5, 5.41) is 3.46. The van der Waals surface area contributed by atoms with Crippen LogP contribution in [-0.2, 0) is 17.9 Å². The Hall–Kier alpha value is -2.00. The van der Waals surface area contributed by atoms with Gasteiger partial charge in [0.15, 0.2) is 0 Å². The number of para-hydroxylation sites is 1. The molecule has 0 amide bonds. The molecule has 0 fully saturated rings. The lowest BCUT2D eigenvalue weighted by molar-refractivity contribution is 0.185. The van der Waals surface area contributed by atoms with Crippen molar-refractivity contribution >= 4 is 5.69 Å². The van der Waals surface area contributed by atoms with Gasteiger partial charge in [0.2, 0.25) is 0 Å². The second-order valence-corrected chi connectivity index (χ2v) is 4.94. The van der Waals surface area contributed by atoms with Crippen LogP contribution in [-0.4, -0.2) is 13.7 Å². The molecule has 0 aromatic heterocycles. The molecule has 0 saturated heterocycles. The second-order valence-electron chi connectivity index (χ2n) is 4.94. The molecule has 0 aliphatic rings. The highest BCUT2D eigenvalue weighted by Crippen LogP contribution is 2.19. The van der Waals surface area contributed by atoms with Crippen LogP contribution in [0.3, 0.4) is 0 Å². The lowest BCUT2D eigenvalue weighted by Crippen LogP contribution is -2.03. The van der Waals surface area contributed by atoms with Crippen molar-refractivity contribution < 1.29 is 9.47 Å². The Morgan fingerprint density at radius 2 is 1.90 bits per heavy atom. The van der Waals surface area contributed by atoms with Crippen LogP contribution in [0.1, 0.15) is 24.5 Å². The van der Waals surface area contributed by atoms with E-state index in [1.54, 1.807) is 7.11 Å². The van der Waals surface area contributed by atoms with Crippen molar-refractivity contribution in [3.05, 3.63) is 59.7 Å². The van der Waals surface area contributed by atoms with Crippen molar-refractivity contribution in [2.24, 2.45) is 0 Å². The average molecular weight is 285 g/mol. The normalized spacial score (nSPS) is 10.4. The van der Waals surface area contributed by atoms with Crippen molar-refractivity contribution in [1.29, 1.82) is 0 Å². The van der Waals surface area contributed by atoms with Gasteiger partial charge in [-0.05, 0) is 30.2 Å². The highest BCUT2D eigenvalue weighted by Gasteiger charge is 2.02. The van der Waals surface area contributed by atoms with Crippen molar-refractivity contribution in [2.75, 3.05) is 19.0 Å². The van der Waals surface area contributed by atoms with Crippen LogP contribution in [0.2, 0.25) is 0 Å². The van der Waals surface area contributed by atoms with Crippen molar-refractivity contribution in [2.45, 2.75) is 26.5 Å². The highest BCUT2D eigenvalue weighted by atomic mass is 16.5. The summed E-state index contributed by atoms with van der Waals surface area (Å²) in [6, 6.07) is 16.4. The Kier molecular flexibility index (Phi) is 6.10. The molecule has 0 aliphatic heterocycles. The molecule has 0 unspecified atom stereocenters. The number of hydrogen-bond donors (Lipinski definition) is 1. The van der Waals surface area contributed by atoms with Gasteiger partial charge in [-0.3, -0.25) is 0 Å². The number of methoxy groups -OCH3 is 1. The van der Waals surface area contributed by atoms with Crippen molar-refractivity contribution in [3.8, 4) is 5.75 Å². The van der Waals surface area contributed by atoms with Crippen molar-refractivity contribution in [1.82, 2.24) is 0 Å². The summed E-state index contributed by atoms with van der Waals surface area (Å²) < 4.78 is 10.9. The van der Waals surface area contributed by atoms with E-state index in [-0.39, 0.29) is 0 Å². The molecule has 0 heterocycles. The summed E-state index contributed by atoms with van der Waals surface area (Å²) in [6.07, 6.45) is 1.02. The van der Waals surface area contributed by atoms with Gasteiger partial charge in [0, 0.05) is 24.9 Å². The van der Waals surface area contributed by atoms with Gasteiger partial charge >= 0.3 is 0 Å². The zero-order valence-corrected chi connectivity index (χ0v) is 12.8. The van der Waals surface area contributed by atoms with Gasteiger partial charge in [-0.15, -0.1) is 0 Å². The lowest BCUT2D eigenvalue weighted by atomic mass is 10.1. The van der Waals surface area contributed by atoms with Gasteiger partial charge in [-0.2, -0.15) is 0 Å². The SMILES string of the molecule is CCCOc1cccc(CNc2ccccc2COC)c1. The molecule has 3 nitrogen and oxygen atoms in total. The molecule has 0 bridgehead atoms. The summed E-state index contributed by atoms with van der Waals surface area (Å²) in [6.45, 7) is 4.25. The number of anilines is 1. The van der Waals surface area contributed by atoms with Gasteiger partial charge < -0.3 is 14.8 Å². The first-order valence-corrected chi connectivity index (χ1v) is 7.36. The molecular formula is C18H23NO2. The first-order valence-electron chi connectivity index (χ1n) is 7.36. The van der Waals surface area contributed by atoms with Gasteiger partial charge in [0.1, 0.15) is 5.75 Å². The summed E-state index contributed by atoms with van der Waals surface area (Å²) in [4.78, 5) is 0. The number of ether oxygens (including phenoxy) is 2. The summed E-state index contributed by atoms with van der Waals surface area (Å²) in [5.41, 5.74) is 3.48. The topological polar surface area (TPSA) is 30.5 Å². The van der Waals surface area contributed by atoms with Gasteiger partial charge in [-0.1, -0.05) is 37.3 Å².